The Labute approximate surface area is 153 Å². The van der Waals surface area contributed by atoms with Gasteiger partial charge in [-0.3, -0.25) is 14.5 Å². The Morgan fingerprint density at radius 1 is 1.31 bits per heavy atom. The normalized spacial score (nSPS) is 25.4. The zero-order valence-corrected chi connectivity index (χ0v) is 15.1. The van der Waals surface area contributed by atoms with Gasteiger partial charge >= 0.3 is 6.03 Å². The van der Waals surface area contributed by atoms with E-state index in [9.17, 15) is 14.4 Å². The molecule has 0 radical (unpaired) electrons. The Bertz CT molecular complexity index is 703. The average Bonchev–Trinajstić information content (AvgIpc) is 2.84. The number of urea groups is 1. The van der Waals surface area contributed by atoms with E-state index < -0.39 is 11.6 Å². The summed E-state index contributed by atoms with van der Waals surface area (Å²) in [5, 5.41) is 5.63. The number of amides is 4. The van der Waals surface area contributed by atoms with Gasteiger partial charge in [0, 0.05) is 12.2 Å². The third-order valence-corrected chi connectivity index (χ3v) is 5.52. The smallest absolute Gasteiger partial charge is 0.325 e. The van der Waals surface area contributed by atoms with E-state index in [4.69, 9.17) is 5.73 Å². The van der Waals surface area contributed by atoms with Crippen LogP contribution in [0.5, 0.6) is 0 Å². The fraction of sp³-hybridized carbons (Fsp3) is 0.526. The van der Waals surface area contributed by atoms with Gasteiger partial charge in [-0.15, -0.1) is 0 Å². The molecule has 1 aromatic rings. The molecule has 140 valence electrons. The van der Waals surface area contributed by atoms with Gasteiger partial charge < -0.3 is 16.4 Å². The van der Waals surface area contributed by atoms with E-state index in [-0.39, 0.29) is 24.3 Å². The van der Waals surface area contributed by atoms with E-state index >= 15 is 0 Å². The van der Waals surface area contributed by atoms with Gasteiger partial charge in [0.15, 0.2) is 0 Å². The molecule has 1 saturated carbocycles. The summed E-state index contributed by atoms with van der Waals surface area (Å²) in [5.74, 6) is -0.501. The van der Waals surface area contributed by atoms with E-state index in [2.05, 4.69) is 10.6 Å². The molecule has 1 aromatic carbocycles. The lowest BCUT2D eigenvalue weighted by atomic mass is 9.73. The van der Waals surface area contributed by atoms with Crippen molar-refractivity contribution in [3.8, 4) is 0 Å². The second-order valence-corrected chi connectivity index (χ2v) is 7.28. The second-order valence-electron chi connectivity index (χ2n) is 7.28. The zero-order valence-electron chi connectivity index (χ0n) is 15.1. The molecule has 2 fully saturated rings. The van der Waals surface area contributed by atoms with Crippen LogP contribution in [-0.4, -0.2) is 41.4 Å². The third kappa shape index (κ3) is 3.52. The summed E-state index contributed by atoms with van der Waals surface area (Å²) in [7, 11) is 0. The number of hydrogen-bond acceptors (Lipinski definition) is 4. The Balaban J connectivity index is 1.53. The van der Waals surface area contributed by atoms with Crippen LogP contribution in [-0.2, 0) is 16.0 Å². The van der Waals surface area contributed by atoms with Crippen molar-refractivity contribution in [2.75, 3.05) is 18.8 Å². The van der Waals surface area contributed by atoms with Crippen molar-refractivity contribution >= 4 is 23.5 Å². The molecular weight excluding hydrogens is 332 g/mol. The number of anilines is 1. The summed E-state index contributed by atoms with van der Waals surface area (Å²) >= 11 is 0. The number of nitrogen functional groups attached to an aromatic ring is 1. The molecule has 4 N–H and O–H groups in total. The molecule has 7 heteroatoms. The summed E-state index contributed by atoms with van der Waals surface area (Å²) in [6.45, 7) is 2.20. The number of carbonyl (C=O) groups is 3. The SMILES string of the molecule is CC1CCCCC12NC(=O)N(CC(=O)NCCc1ccc(N)cc1)C2=O. The van der Waals surface area contributed by atoms with Crippen LogP contribution in [0.3, 0.4) is 0 Å². The van der Waals surface area contributed by atoms with Crippen molar-refractivity contribution in [3.05, 3.63) is 29.8 Å². The van der Waals surface area contributed by atoms with Crippen LogP contribution < -0.4 is 16.4 Å². The maximum Gasteiger partial charge on any atom is 0.325 e. The number of imide groups is 1. The number of nitrogens with zero attached hydrogens (tertiary/aromatic N) is 1. The van der Waals surface area contributed by atoms with Crippen LogP contribution in [0, 0.1) is 5.92 Å². The highest BCUT2D eigenvalue weighted by Crippen LogP contribution is 2.38. The van der Waals surface area contributed by atoms with Gasteiger partial charge in [0.05, 0.1) is 0 Å². The standard InChI is InChI=1S/C19H26N4O3/c1-13-4-2-3-10-19(13)17(25)23(18(26)22-19)12-16(24)21-11-9-14-5-7-15(20)8-6-14/h5-8,13H,2-4,9-12,20H2,1H3,(H,21,24)(H,22,26). The zero-order chi connectivity index (χ0) is 18.7. The molecule has 0 bridgehead atoms. The summed E-state index contributed by atoms with van der Waals surface area (Å²) in [6.07, 6.45) is 4.20. The van der Waals surface area contributed by atoms with Crippen LogP contribution in [0.2, 0.25) is 0 Å². The predicted molar refractivity (Wildman–Crippen MR) is 98.2 cm³/mol. The lowest BCUT2D eigenvalue weighted by Crippen LogP contribution is -2.54. The molecule has 1 heterocycles. The van der Waals surface area contributed by atoms with Crippen molar-refractivity contribution in [2.24, 2.45) is 5.92 Å². The molecule has 2 aliphatic rings. The predicted octanol–water partition coefficient (Wildman–Crippen LogP) is 1.43. The highest BCUT2D eigenvalue weighted by Gasteiger charge is 2.55. The van der Waals surface area contributed by atoms with E-state index in [1.807, 2.05) is 31.2 Å². The summed E-state index contributed by atoms with van der Waals surface area (Å²) in [4.78, 5) is 38.3. The Morgan fingerprint density at radius 3 is 2.73 bits per heavy atom. The van der Waals surface area contributed by atoms with E-state index in [1.165, 1.54) is 0 Å². The molecule has 1 spiro atoms. The maximum atomic E-state index is 12.8. The lowest BCUT2D eigenvalue weighted by Gasteiger charge is -2.36. The van der Waals surface area contributed by atoms with Gasteiger partial charge in [0.1, 0.15) is 12.1 Å². The van der Waals surface area contributed by atoms with Crippen LogP contribution in [0.4, 0.5) is 10.5 Å². The average molecular weight is 358 g/mol. The molecule has 0 aromatic heterocycles. The van der Waals surface area contributed by atoms with Gasteiger partial charge in [-0.2, -0.15) is 0 Å². The number of nitrogens with two attached hydrogens (primary N) is 1. The maximum absolute atomic E-state index is 12.8. The molecule has 4 amide bonds. The quantitative estimate of drug-likeness (QED) is 0.547. The molecule has 26 heavy (non-hydrogen) atoms. The molecule has 7 nitrogen and oxygen atoms in total. The fourth-order valence-corrected chi connectivity index (χ4v) is 3.87. The van der Waals surface area contributed by atoms with Gasteiger partial charge in [0.2, 0.25) is 5.91 Å². The van der Waals surface area contributed by atoms with Gasteiger partial charge in [0.25, 0.3) is 5.91 Å². The molecule has 1 saturated heterocycles. The van der Waals surface area contributed by atoms with Crippen LogP contribution in [0.1, 0.15) is 38.2 Å². The van der Waals surface area contributed by atoms with Crippen LogP contribution >= 0.6 is 0 Å². The summed E-state index contributed by atoms with van der Waals surface area (Å²) in [5.41, 5.74) is 6.58. The largest absolute Gasteiger partial charge is 0.399 e. The van der Waals surface area contributed by atoms with Crippen LogP contribution in [0.25, 0.3) is 0 Å². The van der Waals surface area contributed by atoms with E-state index in [0.717, 1.165) is 29.7 Å². The molecule has 2 atom stereocenters. The number of benzene rings is 1. The minimum absolute atomic E-state index is 0.0891. The first kappa shape index (κ1) is 18.2. The first-order valence-corrected chi connectivity index (χ1v) is 9.17. The van der Waals surface area contributed by atoms with E-state index in [1.54, 1.807) is 0 Å². The van der Waals surface area contributed by atoms with Gasteiger partial charge in [-0.25, -0.2) is 4.79 Å². The minimum atomic E-state index is -0.820. The first-order valence-electron chi connectivity index (χ1n) is 9.17. The lowest BCUT2D eigenvalue weighted by molar-refractivity contribution is -0.137. The van der Waals surface area contributed by atoms with Crippen molar-refractivity contribution in [3.63, 3.8) is 0 Å². The van der Waals surface area contributed by atoms with Crippen molar-refractivity contribution < 1.29 is 14.4 Å². The molecule has 3 rings (SSSR count). The molecule has 2 unspecified atom stereocenters. The highest BCUT2D eigenvalue weighted by molar-refractivity contribution is 6.09. The van der Waals surface area contributed by atoms with Gasteiger partial charge in [-0.1, -0.05) is 31.9 Å². The molecule has 1 aliphatic heterocycles. The van der Waals surface area contributed by atoms with Gasteiger partial charge in [-0.05, 0) is 42.9 Å². The number of carbonyl (C=O) groups excluding carboxylic acids is 3. The first-order chi connectivity index (χ1) is 12.4. The molecule has 1 aliphatic carbocycles. The number of nitrogens with one attached hydrogen (secondary N) is 2. The Hall–Kier alpha value is -2.57. The van der Waals surface area contributed by atoms with E-state index in [0.29, 0.717) is 25.1 Å². The minimum Gasteiger partial charge on any atom is -0.399 e. The third-order valence-electron chi connectivity index (χ3n) is 5.52. The highest BCUT2D eigenvalue weighted by atomic mass is 16.2. The summed E-state index contributed by atoms with van der Waals surface area (Å²) < 4.78 is 0. The van der Waals surface area contributed by atoms with Crippen molar-refractivity contribution in [1.29, 1.82) is 0 Å². The Kier molecular flexibility index (Phi) is 5.15. The topological polar surface area (TPSA) is 105 Å². The van der Waals surface area contributed by atoms with Crippen LogP contribution in [0.15, 0.2) is 24.3 Å². The number of hydrogen-bond donors (Lipinski definition) is 3. The summed E-state index contributed by atoms with van der Waals surface area (Å²) in [6, 6.07) is 6.99. The second kappa shape index (κ2) is 7.35. The Morgan fingerprint density at radius 2 is 2.04 bits per heavy atom. The van der Waals surface area contributed by atoms with Crippen molar-refractivity contribution in [2.45, 2.75) is 44.6 Å². The van der Waals surface area contributed by atoms with Crippen molar-refractivity contribution in [1.82, 2.24) is 15.5 Å². The molecular formula is C19H26N4O3. The monoisotopic (exact) mass is 358 g/mol. The number of rotatable bonds is 5. The fourth-order valence-electron chi connectivity index (χ4n) is 3.87.